The third kappa shape index (κ3) is 3.23. The Morgan fingerprint density at radius 1 is 1.03 bits per heavy atom. The molecule has 5 aliphatic rings. The predicted octanol–water partition coefficient (Wildman–Crippen LogP) is 5.95. The molecule has 3 saturated carbocycles. The first-order chi connectivity index (χ1) is 14.6. The number of epoxide rings is 1. The molecule has 174 valence electrons. The zero-order valence-electron chi connectivity index (χ0n) is 20.6. The predicted molar refractivity (Wildman–Crippen MR) is 123 cm³/mol. The molecule has 5 rings (SSSR count). The van der Waals surface area contributed by atoms with Gasteiger partial charge in [-0.3, -0.25) is 4.79 Å². The Morgan fingerprint density at radius 3 is 2.48 bits per heavy atom. The van der Waals surface area contributed by atoms with Crippen molar-refractivity contribution < 1.29 is 14.6 Å². The molecule has 3 nitrogen and oxygen atoms in total. The minimum atomic E-state index is -0.112. The number of hydrogen-bond donors (Lipinski definition) is 1. The molecular weight excluding hydrogens is 384 g/mol. The maximum atomic E-state index is 13.5. The minimum Gasteiger partial charge on any atom is -0.393 e. The first-order valence-electron chi connectivity index (χ1n) is 13.2. The second-order valence-electron chi connectivity index (χ2n) is 12.8. The van der Waals surface area contributed by atoms with E-state index in [2.05, 4.69) is 41.5 Å². The number of fused-ring (bicyclic) bond motifs is 4. The van der Waals surface area contributed by atoms with Crippen molar-refractivity contribution in [3.63, 3.8) is 0 Å². The summed E-state index contributed by atoms with van der Waals surface area (Å²) in [4.78, 5) is 13.5. The van der Waals surface area contributed by atoms with Gasteiger partial charge < -0.3 is 9.84 Å². The fraction of sp³-hybridized carbons (Fsp3) is 0.893. The maximum Gasteiger partial charge on any atom is 0.159 e. The number of aliphatic hydroxyl groups excluding tert-OH is 1. The highest BCUT2D eigenvalue weighted by Gasteiger charge is 2.60. The van der Waals surface area contributed by atoms with Gasteiger partial charge in [0.1, 0.15) is 0 Å². The highest BCUT2D eigenvalue weighted by atomic mass is 16.6. The van der Waals surface area contributed by atoms with Crippen LogP contribution in [-0.2, 0) is 9.53 Å². The molecule has 0 aromatic rings. The van der Waals surface area contributed by atoms with E-state index in [1.165, 1.54) is 17.6 Å². The lowest BCUT2D eigenvalue weighted by molar-refractivity contribution is -0.115. The topological polar surface area (TPSA) is 49.8 Å². The summed E-state index contributed by atoms with van der Waals surface area (Å²) >= 11 is 0. The molecule has 0 aromatic carbocycles. The monoisotopic (exact) mass is 428 g/mol. The summed E-state index contributed by atoms with van der Waals surface area (Å²) in [6.45, 7) is 14.2. The number of Topliss-reactive ketones (excluding diaryl/α,β-unsaturated/α-hetero) is 1. The van der Waals surface area contributed by atoms with Crippen LogP contribution in [0.3, 0.4) is 0 Å². The molecule has 1 N–H and O–H groups in total. The molecule has 3 heteroatoms. The number of hydrogen-bond acceptors (Lipinski definition) is 3. The lowest BCUT2D eigenvalue weighted by Gasteiger charge is -2.56. The van der Waals surface area contributed by atoms with Gasteiger partial charge in [0.2, 0.25) is 0 Å². The average molecular weight is 429 g/mol. The van der Waals surface area contributed by atoms with Crippen molar-refractivity contribution in [1.82, 2.24) is 0 Å². The summed E-state index contributed by atoms with van der Waals surface area (Å²) < 4.78 is 6.23. The molecular formula is C28H44O3. The van der Waals surface area contributed by atoms with Gasteiger partial charge in [0.25, 0.3) is 0 Å². The smallest absolute Gasteiger partial charge is 0.159 e. The van der Waals surface area contributed by atoms with Gasteiger partial charge in [0, 0.05) is 12.0 Å². The summed E-state index contributed by atoms with van der Waals surface area (Å²) in [5.41, 5.74) is 3.10. The highest BCUT2D eigenvalue weighted by molar-refractivity contribution is 6.00. The summed E-state index contributed by atoms with van der Waals surface area (Å²) in [5, 5.41) is 10.3. The Morgan fingerprint density at radius 2 is 1.77 bits per heavy atom. The van der Waals surface area contributed by atoms with Crippen molar-refractivity contribution in [2.24, 2.45) is 46.3 Å². The molecule has 4 aliphatic carbocycles. The van der Waals surface area contributed by atoms with Crippen molar-refractivity contribution in [2.45, 2.75) is 111 Å². The molecule has 0 spiro atoms. The van der Waals surface area contributed by atoms with E-state index in [0.29, 0.717) is 53.5 Å². The van der Waals surface area contributed by atoms with Gasteiger partial charge in [-0.15, -0.1) is 0 Å². The summed E-state index contributed by atoms with van der Waals surface area (Å²) in [5.74, 6) is 3.74. The molecule has 0 aromatic heterocycles. The molecule has 1 aliphatic heterocycles. The van der Waals surface area contributed by atoms with E-state index >= 15 is 0 Å². The Balaban J connectivity index is 1.42. The number of rotatable bonds is 4. The Bertz CT molecular complexity index is 783. The van der Waals surface area contributed by atoms with E-state index in [0.717, 1.165) is 44.9 Å². The molecule has 1 saturated heterocycles. The number of ether oxygens (including phenoxy) is 1. The van der Waals surface area contributed by atoms with Crippen molar-refractivity contribution in [3.8, 4) is 0 Å². The minimum absolute atomic E-state index is 0.0390. The van der Waals surface area contributed by atoms with E-state index in [-0.39, 0.29) is 16.9 Å². The molecule has 0 unspecified atom stereocenters. The molecule has 4 fully saturated rings. The Hall–Kier alpha value is -0.670. The van der Waals surface area contributed by atoms with E-state index in [4.69, 9.17) is 4.74 Å². The van der Waals surface area contributed by atoms with Gasteiger partial charge in [-0.1, -0.05) is 47.1 Å². The molecule has 0 bridgehead atoms. The number of ketones is 1. The summed E-state index contributed by atoms with van der Waals surface area (Å²) in [7, 11) is 0. The zero-order valence-corrected chi connectivity index (χ0v) is 20.6. The van der Waals surface area contributed by atoms with Crippen LogP contribution in [0.15, 0.2) is 11.1 Å². The normalized spacial score (nSPS) is 48.8. The molecule has 0 amide bonds. The fourth-order valence-electron chi connectivity index (χ4n) is 8.70. The zero-order chi connectivity index (χ0) is 22.3. The first kappa shape index (κ1) is 22.1. The van der Waals surface area contributed by atoms with E-state index < -0.39 is 0 Å². The van der Waals surface area contributed by atoms with Crippen LogP contribution in [0.4, 0.5) is 0 Å². The Kier molecular flexibility index (Phi) is 5.30. The van der Waals surface area contributed by atoms with E-state index in [1.54, 1.807) is 0 Å². The number of aliphatic hydroxyl groups is 1. The fourth-order valence-corrected chi connectivity index (χ4v) is 8.70. The first-order valence-corrected chi connectivity index (χ1v) is 13.2. The van der Waals surface area contributed by atoms with E-state index in [1.807, 2.05) is 0 Å². The largest absolute Gasteiger partial charge is 0.393 e. The molecule has 31 heavy (non-hydrogen) atoms. The lowest BCUT2D eigenvalue weighted by atomic mass is 9.48. The SMILES string of the molecule is CC(C)[C@@H](C)[C@H]1O[C@@H]1[C@@H](C)[C@H]1CC(=O)C2=C3CC[C@H]4C[C@@H](O)CC[C@]4(C)[C@H]3CC[C@@]21C. The van der Waals surface area contributed by atoms with Gasteiger partial charge in [-0.2, -0.15) is 0 Å². The third-order valence-corrected chi connectivity index (χ3v) is 11.1. The molecule has 0 radical (unpaired) electrons. The molecule has 1 heterocycles. The number of carbonyl (C=O) groups excluding carboxylic acids is 1. The second-order valence-corrected chi connectivity index (χ2v) is 12.8. The van der Waals surface area contributed by atoms with Crippen LogP contribution in [-0.4, -0.2) is 29.2 Å². The van der Waals surface area contributed by atoms with Crippen LogP contribution in [0, 0.1) is 46.3 Å². The quantitative estimate of drug-likeness (QED) is 0.563. The lowest BCUT2D eigenvalue weighted by Crippen LogP contribution is -2.48. The van der Waals surface area contributed by atoms with Crippen molar-refractivity contribution in [3.05, 3.63) is 11.1 Å². The van der Waals surface area contributed by atoms with Gasteiger partial charge in [0.05, 0.1) is 18.3 Å². The van der Waals surface area contributed by atoms with Crippen molar-refractivity contribution >= 4 is 5.78 Å². The van der Waals surface area contributed by atoms with Gasteiger partial charge in [0.15, 0.2) is 5.78 Å². The maximum absolute atomic E-state index is 13.5. The van der Waals surface area contributed by atoms with Gasteiger partial charge in [-0.25, -0.2) is 0 Å². The van der Waals surface area contributed by atoms with Crippen LogP contribution < -0.4 is 0 Å². The van der Waals surface area contributed by atoms with Crippen LogP contribution >= 0.6 is 0 Å². The van der Waals surface area contributed by atoms with Gasteiger partial charge >= 0.3 is 0 Å². The second kappa shape index (κ2) is 7.42. The van der Waals surface area contributed by atoms with Gasteiger partial charge in [-0.05, 0) is 91.3 Å². The highest BCUT2D eigenvalue weighted by Crippen LogP contribution is 2.65. The van der Waals surface area contributed by atoms with Crippen LogP contribution in [0.1, 0.15) is 92.9 Å². The number of carbonyl (C=O) groups is 1. The molecule has 10 atom stereocenters. The summed E-state index contributed by atoms with van der Waals surface area (Å²) in [6.07, 6.45) is 8.98. The average Bonchev–Trinajstić information content (AvgIpc) is 3.46. The summed E-state index contributed by atoms with van der Waals surface area (Å²) in [6, 6.07) is 0. The Labute approximate surface area is 189 Å². The van der Waals surface area contributed by atoms with E-state index in [9.17, 15) is 9.90 Å². The van der Waals surface area contributed by atoms with Crippen LogP contribution in [0.5, 0.6) is 0 Å². The van der Waals surface area contributed by atoms with Crippen molar-refractivity contribution in [1.29, 1.82) is 0 Å². The number of allylic oxidation sites excluding steroid dienone is 2. The van der Waals surface area contributed by atoms with Crippen LogP contribution in [0.2, 0.25) is 0 Å². The van der Waals surface area contributed by atoms with Crippen molar-refractivity contribution in [2.75, 3.05) is 0 Å². The van der Waals surface area contributed by atoms with Crippen LogP contribution in [0.25, 0.3) is 0 Å². The third-order valence-electron chi connectivity index (χ3n) is 11.1. The standard InChI is InChI=1S/C28H44O3/c1-15(2)16(3)25-26(31-25)17(4)22-14-23(30)24-20-8-7-18-13-19(29)9-11-27(18,5)21(20)10-12-28(22,24)6/h15-19,21-22,25-26,29H,7-14H2,1-6H3/t16-,17+,18+,19+,21+,22-,25-,26-,27+,28-/m1/s1.